The number of nitrogens with zero attached hydrogens (tertiary/aromatic N) is 2. The van der Waals surface area contributed by atoms with Crippen LogP contribution >= 0.6 is 0 Å². The van der Waals surface area contributed by atoms with E-state index >= 15 is 0 Å². The van der Waals surface area contributed by atoms with E-state index in [1.165, 1.54) is 10.6 Å². The van der Waals surface area contributed by atoms with Gasteiger partial charge in [-0.3, -0.25) is 4.79 Å². The van der Waals surface area contributed by atoms with Gasteiger partial charge in [0.1, 0.15) is 0 Å². The Morgan fingerprint density at radius 1 is 1.06 bits per heavy atom. The SMILES string of the molecule is CC.CC.CS(=O)(=O)N1CC2CC(C1)N2C=O. The van der Waals surface area contributed by atoms with Crippen LogP contribution in [0.4, 0.5) is 0 Å². The molecule has 5 nitrogen and oxygen atoms in total. The van der Waals surface area contributed by atoms with Crippen LogP contribution in [-0.4, -0.2) is 55.5 Å². The number of rotatable bonds is 2. The Balaban J connectivity index is 0.000000581. The fourth-order valence-electron chi connectivity index (χ4n) is 2.04. The first-order valence-corrected chi connectivity index (χ1v) is 8.05. The fraction of sp³-hybridized carbons (Fsp3) is 0.909. The second-order valence-electron chi connectivity index (χ2n) is 3.68. The minimum Gasteiger partial charge on any atom is -0.336 e. The molecule has 0 aromatic rings. The Labute approximate surface area is 105 Å². The molecule has 3 rings (SSSR count). The summed E-state index contributed by atoms with van der Waals surface area (Å²) in [6.45, 7) is 8.93. The van der Waals surface area contributed by atoms with Gasteiger partial charge in [0.15, 0.2) is 0 Å². The quantitative estimate of drug-likeness (QED) is 0.697. The molecule has 0 aromatic heterocycles. The maximum absolute atomic E-state index is 11.2. The average Bonchev–Trinajstić information content (AvgIpc) is 2.34. The third-order valence-electron chi connectivity index (χ3n) is 2.81. The lowest BCUT2D eigenvalue weighted by atomic mass is 9.90. The lowest BCUT2D eigenvalue weighted by Crippen LogP contribution is -2.68. The Morgan fingerprint density at radius 2 is 1.47 bits per heavy atom. The molecule has 2 atom stereocenters. The Morgan fingerprint density at radius 3 is 1.76 bits per heavy atom. The Hall–Kier alpha value is -0.620. The van der Waals surface area contributed by atoms with Crippen LogP contribution in [0.25, 0.3) is 0 Å². The van der Waals surface area contributed by atoms with Crippen molar-refractivity contribution in [2.45, 2.75) is 46.2 Å². The summed E-state index contributed by atoms with van der Waals surface area (Å²) >= 11 is 0. The minimum atomic E-state index is -3.07. The number of sulfonamides is 1. The number of carbonyl (C=O) groups is 1. The summed E-state index contributed by atoms with van der Waals surface area (Å²) < 4.78 is 23.8. The van der Waals surface area contributed by atoms with E-state index < -0.39 is 10.0 Å². The lowest BCUT2D eigenvalue weighted by Gasteiger charge is -2.53. The lowest BCUT2D eigenvalue weighted by molar-refractivity contribution is -0.135. The van der Waals surface area contributed by atoms with Crippen LogP contribution in [-0.2, 0) is 14.8 Å². The summed E-state index contributed by atoms with van der Waals surface area (Å²) in [5.74, 6) is 0. The minimum absolute atomic E-state index is 0.117. The molecule has 17 heavy (non-hydrogen) atoms. The summed E-state index contributed by atoms with van der Waals surface area (Å²) in [5, 5.41) is 0. The van der Waals surface area contributed by atoms with Crippen molar-refractivity contribution in [3.63, 3.8) is 0 Å². The molecule has 3 saturated heterocycles. The number of hydrogen-bond acceptors (Lipinski definition) is 3. The number of piperidine rings is 1. The summed E-state index contributed by atoms with van der Waals surface area (Å²) in [6, 6.07) is 0.233. The zero-order valence-corrected chi connectivity index (χ0v) is 12.2. The van der Waals surface area contributed by atoms with Gasteiger partial charge in [0.05, 0.1) is 6.26 Å². The van der Waals surface area contributed by atoms with E-state index in [1.807, 2.05) is 27.7 Å². The van der Waals surface area contributed by atoms with Crippen molar-refractivity contribution < 1.29 is 13.2 Å². The number of fused-ring (bicyclic) bond motifs is 2. The third-order valence-corrected chi connectivity index (χ3v) is 4.04. The highest BCUT2D eigenvalue weighted by Gasteiger charge is 2.46. The normalized spacial score (nSPS) is 26.8. The predicted octanol–water partition coefficient (Wildman–Crippen LogP) is 0.913. The molecule has 0 spiro atoms. The first kappa shape index (κ1) is 16.4. The number of piperazine rings is 1. The molecule has 0 N–H and O–H groups in total. The van der Waals surface area contributed by atoms with Gasteiger partial charge in [-0.2, -0.15) is 4.31 Å². The zero-order valence-electron chi connectivity index (χ0n) is 11.4. The van der Waals surface area contributed by atoms with Crippen LogP contribution in [0, 0.1) is 0 Å². The first-order valence-electron chi connectivity index (χ1n) is 6.20. The molecule has 3 aliphatic heterocycles. The molecule has 0 radical (unpaired) electrons. The highest BCUT2D eigenvalue weighted by atomic mass is 32.2. The Kier molecular flexibility index (Phi) is 6.70. The van der Waals surface area contributed by atoms with Crippen molar-refractivity contribution >= 4 is 16.4 Å². The van der Waals surface area contributed by atoms with Gasteiger partial charge in [-0.25, -0.2) is 8.42 Å². The summed E-state index contributed by atoms with van der Waals surface area (Å²) in [5.41, 5.74) is 0. The number of carbonyl (C=O) groups excluding carboxylic acids is 1. The predicted molar refractivity (Wildman–Crippen MR) is 69.2 cm³/mol. The van der Waals surface area contributed by atoms with Crippen LogP contribution in [0.3, 0.4) is 0 Å². The van der Waals surface area contributed by atoms with Crippen molar-refractivity contribution in [3.05, 3.63) is 0 Å². The van der Waals surface area contributed by atoms with Crippen molar-refractivity contribution in [2.75, 3.05) is 19.3 Å². The molecule has 2 bridgehead atoms. The van der Waals surface area contributed by atoms with Crippen molar-refractivity contribution in [2.24, 2.45) is 0 Å². The Bertz CT molecular complexity index is 318. The molecule has 3 fully saturated rings. The van der Waals surface area contributed by atoms with Gasteiger partial charge < -0.3 is 4.90 Å². The van der Waals surface area contributed by atoms with Gasteiger partial charge in [-0.15, -0.1) is 0 Å². The molecule has 0 aliphatic carbocycles. The monoisotopic (exact) mass is 264 g/mol. The van der Waals surface area contributed by atoms with Crippen molar-refractivity contribution in [1.29, 1.82) is 0 Å². The van der Waals surface area contributed by atoms with Gasteiger partial charge in [0.25, 0.3) is 0 Å². The zero-order chi connectivity index (χ0) is 13.6. The molecule has 6 heteroatoms. The second kappa shape index (κ2) is 6.96. The van der Waals surface area contributed by atoms with Gasteiger partial charge in [-0.1, -0.05) is 27.7 Å². The fourth-order valence-corrected chi connectivity index (χ4v) is 2.93. The first-order chi connectivity index (χ1) is 8.02. The van der Waals surface area contributed by atoms with Crippen molar-refractivity contribution in [3.8, 4) is 0 Å². The molecule has 1 amide bonds. The van der Waals surface area contributed by atoms with E-state index in [9.17, 15) is 13.2 Å². The maximum atomic E-state index is 11.2. The highest BCUT2D eigenvalue weighted by molar-refractivity contribution is 7.88. The second-order valence-corrected chi connectivity index (χ2v) is 5.66. The number of hydrogen-bond donors (Lipinski definition) is 0. The van der Waals surface area contributed by atoms with Gasteiger partial charge in [-0.05, 0) is 6.42 Å². The average molecular weight is 264 g/mol. The van der Waals surface area contributed by atoms with Crippen LogP contribution < -0.4 is 0 Å². The third kappa shape index (κ3) is 3.67. The van der Waals surface area contributed by atoms with Gasteiger partial charge in [0, 0.05) is 25.2 Å². The summed E-state index contributed by atoms with van der Waals surface area (Å²) in [6.07, 6.45) is 2.98. The van der Waals surface area contributed by atoms with Gasteiger partial charge in [0.2, 0.25) is 16.4 Å². The molecular weight excluding hydrogens is 240 g/mol. The van der Waals surface area contributed by atoms with Crippen molar-refractivity contribution in [1.82, 2.24) is 9.21 Å². The standard InChI is InChI=1S/C7H12N2O3S.2C2H6/c1-13(11,12)8-3-6-2-7(4-8)9(6)5-10;2*1-2/h5-7H,2-4H2,1H3;2*1-2H3. The van der Waals surface area contributed by atoms with E-state index in [-0.39, 0.29) is 12.1 Å². The van der Waals surface area contributed by atoms with Crippen LogP contribution in [0.15, 0.2) is 0 Å². The summed E-state index contributed by atoms with van der Waals surface area (Å²) in [7, 11) is -3.07. The molecule has 3 aliphatic rings. The largest absolute Gasteiger partial charge is 0.336 e. The molecule has 3 heterocycles. The van der Waals surface area contributed by atoms with Crippen LogP contribution in [0.5, 0.6) is 0 Å². The molecule has 0 aromatic carbocycles. The maximum Gasteiger partial charge on any atom is 0.211 e. The van der Waals surface area contributed by atoms with E-state index in [4.69, 9.17) is 0 Å². The summed E-state index contributed by atoms with van der Waals surface area (Å²) in [4.78, 5) is 12.2. The van der Waals surface area contributed by atoms with Crippen LogP contribution in [0.2, 0.25) is 0 Å². The van der Waals surface area contributed by atoms with Crippen LogP contribution in [0.1, 0.15) is 34.1 Å². The smallest absolute Gasteiger partial charge is 0.211 e. The van der Waals surface area contributed by atoms with E-state index in [0.29, 0.717) is 13.1 Å². The molecule has 2 unspecified atom stereocenters. The topological polar surface area (TPSA) is 57.7 Å². The van der Waals surface area contributed by atoms with E-state index in [2.05, 4.69) is 0 Å². The highest BCUT2D eigenvalue weighted by Crippen LogP contribution is 2.31. The number of amides is 1. The molecule has 0 saturated carbocycles. The van der Waals surface area contributed by atoms with Gasteiger partial charge >= 0.3 is 0 Å². The van der Waals surface area contributed by atoms with E-state index in [1.54, 1.807) is 4.90 Å². The van der Waals surface area contributed by atoms with E-state index in [0.717, 1.165) is 12.8 Å². The molecular formula is C11H24N2O3S. The molecule has 102 valence electrons.